The van der Waals surface area contributed by atoms with Crippen LogP contribution in [0.15, 0.2) is 29.6 Å². The van der Waals surface area contributed by atoms with E-state index in [2.05, 4.69) is 10.7 Å². The highest BCUT2D eigenvalue weighted by atomic mass is 32.1. The van der Waals surface area contributed by atoms with Crippen LogP contribution in [0.5, 0.6) is 0 Å². The van der Waals surface area contributed by atoms with Crippen molar-refractivity contribution in [3.63, 3.8) is 0 Å². The van der Waals surface area contributed by atoms with Gasteiger partial charge in [-0.1, -0.05) is 31.4 Å². The van der Waals surface area contributed by atoms with Crippen molar-refractivity contribution < 1.29 is 14.7 Å². The molecule has 138 valence electrons. The molecule has 6 heteroatoms. The lowest BCUT2D eigenvalue weighted by atomic mass is 9.87. The first-order chi connectivity index (χ1) is 12.6. The van der Waals surface area contributed by atoms with Gasteiger partial charge < -0.3 is 10.4 Å². The minimum atomic E-state index is -0.961. The Bertz CT molecular complexity index is 749. The number of aromatic carboxylic acids is 1. The summed E-state index contributed by atoms with van der Waals surface area (Å²) in [5.41, 5.74) is 2.27. The fourth-order valence-electron chi connectivity index (χ4n) is 3.35. The first kappa shape index (κ1) is 18.6. The standard InChI is InChI=1S/C20H24N2O3S/c23-18(12-14-6-8-16(9-7-14)20(24)25)21-11-10-19-22-17(13-26-19)15-4-2-1-3-5-15/h6-9,13,15H,1-5,10-12H2,(H,21,23)(H,24,25). The normalized spacial score (nSPS) is 14.9. The van der Waals surface area contributed by atoms with Gasteiger partial charge in [0.1, 0.15) is 0 Å². The lowest BCUT2D eigenvalue weighted by Gasteiger charge is -2.19. The molecular weight excluding hydrogens is 348 g/mol. The molecule has 1 saturated carbocycles. The number of carbonyl (C=O) groups excluding carboxylic acids is 1. The molecule has 5 nitrogen and oxygen atoms in total. The van der Waals surface area contributed by atoms with Crippen LogP contribution in [-0.2, 0) is 17.6 Å². The molecule has 1 heterocycles. The molecule has 0 bridgehead atoms. The third-order valence-electron chi connectivity index (χ3n) is 4.82. The molecule has 0 saturated heterocycles. The molecule has 3 rings (SSSR count). The second kappa shape index (κ2) is 8.94. The Labute approximate surface area is 157 Å². The number of nitrogens with zero attached hydrogens (tertiary/aromatic N) is 1. The maximum absolute atomic E-state index is 12.0. The number of benzene rings is 1. The van der Waals surface area contributed by atoms with Gasteiger partial charge in [-0.3, -0.25) is 4.79 Å². The van der Waals surface area contributed by atoms with Crippen LogP contribution in [0.3, 0.4) is 0 Å². The fourth-order valence-corrected chi connectivity index (χ4v) is 4.23. The number of carboxylic acid groups (broad SMARTS) is 1. The van der Waals surface area contributed by atoms with Gasteiger partial charge in [-0.15, -0.1) is 11.3 Å². The average molecular weight is 372 g/mol. The van der Waals surface area contributed by atoms with E-state index >= 15 is 0 Å². The molecule has 1 aromatic carbocycles. The summed E-state index contributed by atoms with van der Waals surface area (Å²) in [4.78, 5) is 27.6. The van der Waals surface area contributed by atoms with E-state index in [1.165, 1.54) is 49.9 Å². The van der Waals surface area contributed by atoms with Crippen molar-refractivity contribution in [1.29, 1.82) is 0 Å². The van der Waals surface area contributed by atoms with Crippen LogP contribution in [0.4, 0.5) is 0 Å². The molecule has 1 amide bonds. The van der Waals surface area contributed by atoms with Crippen molar-refractivity contribution in [2.45, 2.75) is 50.9 Å². The minimum absolute atomic E-state index is 0.0582. The minimum Gasteiger partial charge on any atom is -0.478 e. The zero-order valence-electron chi connectivity index (χ0n) is 14.7. The molecule has 1 aliphatic carbocycles. The number of thiazole rings is 1. The summed E-state index contributed by atoms with van der Waals surface area (Å²) in [6.07, 6.45) is 7.47. The van der Waals surface area contributed by atoms with Crippen LogP contribution in [-0.4, -0.2) is 28.5 Å². The van der Waals surface area contributed by atoms with Gasteiger partial charge in [0.25, 0.3) is 0 Å². The number of hydrogen-bond acceptors (Lipinski definition) is 4. The molecule has 1 aliphatic rings. The third kappa shape index (κ3) is 5.14. The van der Waals surface area contributed by atoms with Gasteiger partial charge in [-0.2, -0.15) is 0 Å². The molecular formula is C20H24N2O3S. The van der Waals surface area contributed by atoms with E-state index in [9.17, 15) is 9.59 Å². The maximum Gasteiger partial charge on any atom is 0.335 e. The summed E-state index contributed by atoms with van der Waals surface area (Å²) in [7, 11) is 0. The van der Waals surface area contributed by atoms with Crippen LogP contribution in [0.1, 0.15) is 64.6 Å². The third-order valence-corrected chi connectivity index (χ3v) is 5.75. The van der Waals surface area contributed by atoms with Gasteiger partial charge in [0.15, 0.2) is 0 Å². The number of carbonyl (C=O) groups is 2. The average Bonchev–Trinajstić information content (AvgIpc) is 3.12. The number of hydrogen-bond donors (Lipinski definition) is 2. The molecule has 2 aromatic rings. The predicted octanol–water partition coefficient (Wildman–Crippen LogP) is 3.79. The Balaban J connectivity index is 1.42. The predicted molar refractivity (Wildman–Crippen MR) is 102 cm³/mol. The Morgan fingerprint density at radius 2 is 1.88 bits per heavy atom. The zero-order chi connectivity index (χ0) is 18.4. The van der Waals surface area contributed by atoms with Gasteiger partial charge in [-0.05, 0) is 30.5 Å². The van der Waals surface area contributed by atoms with Crippen molar-refractivity contribution in [2.24, 2.45) is 0 Å². The van der Waals surface area contributed by atoms with Gasteiger partial charge >= 0.3 is 5.97 Å². The van der Waals surface area contributed by atoms with E-state index in [1.54, 1.807) is 23.5 Å². The smallest absolute Gasteiger partial charge is 0.335 e. The summed E-state index contributed by atoms with van der Waals surface area (Å²) in [6.45, 7) is 0.573. The van der Waals surface area contributed by atoms with E-state index < -0.39 is 5.97 Å². The van der Waals surface area contributed by atoms with Crippen LogP contribution in [0.25, 0.3) is 0 Å². The SMILES string of the molecule is O=C(Cc1ccc(C(=O)O)cc1)NCCc1nc(C2CCCCC2)cs1. The molecule has 0 aliphatic heterocycles. The van der Waals surface area contributed by atoms with Crippen LogP contribution in [0.2, 0.25) is 0 Å². The molecule has 26 heavy (non-hydrogen) atoms. The largest absolute Gasteiger partial charge is 0.478 e. The topological polar surface area (TPSA) is 79.3 Å². The van der Waals surface area contributed by atoms with Crippen LogP contribution >= 0.6 is 11.3 Å². The van der Waals surface area contributed by atoms with Gasteiger partial charge in [0.2, 0.25) is 5.91 Å². The highest BCUT2D eigenvalue weighted by Crippen LogP contribution is 2.33. The molecule has 1 aromatic heterocycles. The molecule has 1 fully saturated rings. The summed E-state index contributed by atoms with van der Waals surface area (Å²) < 4.78 is 0. The highest BCUT2D eigenvalue weighted by molar-refractivity contribution is 7.09. The quantitative estimate of drug-likeness (QED) is 0.775. The molecule has 0 spiro atoms. The van der Waals surface area contributed by atoms with Crippen molar-refractivity contribution in [3.8, 4) is 0 Å². The first-order valence-corrected chi connectivity index (χ1v) is 10.0. The monoisotopic (exact) mass is 372 g/mol. The number of rotatable bonds is 7. The highest BCUT2D eigenvalue weighted by Gasteiger charge is 2.18. The van der Waals surface area contributed by atoms with E-state index in [1.807, 2.05) is 0 Å². The van der Waals surface area contributed by atoms with E-state index in [4.69, 9.17) is 10.1 Å². The summed E-state index contributed by atoms with van der Waals surface area (Å²) >= 11 is 1.69. The number of carboxylic acids is 1. The van der Waals surface area contributed by atoms with Crippen LogP contribution < -0.4 is 5.32 Å². The second-order valence-corrected chi connectivity index (χ2v) is 7.72. The Kier molecular flexibility index (Phi) is 6.39. The van der Waals surface area contributed by atoms with E-state index in [0.717, 1.165) is 17.0 Å². The van der Waals surface area contributed by atoms with Gasteiger partial charge in [0, 0.05) is 24.3 Å². The van der Waals surface area contributed by atoms with Crippen molar-refractivity contribution in [2.75, 3.05) is 6.54 Å². The molecule has 0 unspecified atom stereocenters. The number of nitrogens with one attached hydrogen (secondary N) is 1. The van der Waals surface area contributed by atoms with Crippen molar-refractivity contribution >= 4 is 23.2 Å². The van der Waals surface area contributed by atoms with Crippen LogP contribution in [0, 0.1) is 0 Å². The van der Waals surface area contributed by atoms with Gasteiger partial charge in [0.05, 0.1) is 22.7 Å². The zero-order valence-corrected chi connectivity index (χ0v) is 15.6. The Morgan fingerprint density at radius 1 is 1.15 bits per heavy atom. The van der Waals surface area contributed by atoms with Crippen molar-refractivity contribution in [3.05, 3.63) is 51.5 Å². The Hall–Kier alpha value is -2.21. The number of aromatic nitrogens is 1. The Morgan fingerprint density at radius 3 is 2.58 bits per heavy atom. The fraction of sp³-hybridized carbons (Fsp3) is 0.450. The maximum atomic E-state index is 12.0. The molecule has 2 N–H and O–H groups in total. The summed E-state index contributed by atoms with van der Waals surface area (Å²) in [5.74, 6) is -0.397. The summed E-state index contributed by atoms with van der Waals surface area (Å²) in [5, 5.41) is 15.1. The van der Waals surface area contributed by atoms with Gasteiger partial charge in [-0.25, -0.2) is 9.78 Å². The number of amides is 1. The lowest BCUT2D eigenvalue weighted by Crippen LogP contribution is -2.27. The van der Waals surface area contributed by atoms with E-state index in [0.29, 0.717) is 12.5 Å². The first-order valence-electron chi connectivity index (χ1n) is 9.15. The molecule has 0 radical (unpaired) electrons. The lowest BCUT2D eigenvalue weighted by molar-refractivity contribution is -0.120. The summed E-state index contributed by atoms with van der Waals surface area (Å²) in [6, 6.07) is 6.40. The second-order valence-electron chi connectivity index (χ2n) is 6.78. The van der Waals surface area contributed by atoms with Crippen molar-refractivity contribution in [1.82, 2.24) is 10.3 Å². The molecule has 0 atom stereocenters. The van der Waals surface area contributed by atoms with E-state index in [-0.39, 0.29) is 17.9 Å².